The lowest BCUT2D eigenvalue weighted by atomic mass is 10.0. The van der Waals surface area contributed by atoms with Gasteiger partial charge in [0.2, 0.25) is 0 Å². The summed E-state index contributed by atoms with van der Waals surface area (Å²) in [5.41, 5.74) is 2.23. The molecule has 4 heteroatoms. The van der Waals surface area contributed by atoms with Crippen LogP contribution in [-0.2, 0) is 13.1 Å². The minimum absolute atomic E-state index is 0.149. The van der Waals surface area contributed by atoms with Crippen LogP contribution in [0.1, 0.15) is 39.0 Å². The number of hydrogen-bond acceptors (Lipinski definition) is 3. The monoisotopic (exact) mass is 344 g/mol. The van der Waals surface area contributed by atoms with E-state index in [1.165, 1.54) is 11.3 Å². The Morgan fingerprint density at radius 2 is 1.96 bits per heavy atom. The summed E-state index contributed by atoms with van der Waals surface area (Å²) in [7, 11) is 1.70. The molecule has 2 aromatic rings. The minimum Gasteiger partial charge on any atom is -0.497 e. The van der Waals surface area contributed by atoms with Crippen LogP contribution in [0.3, 0.4) is 0 Å². The maximum atomic E-state index is 9.81. The summed E-state index contributed by atoms with van der Waals surface area (Å²) in [6.07, 6.45) is 2.12. The first kappa shape index (κ1) is 19.5. The van der Waals surface area contributed by atoms with Crippen LogP contribution in [0.2, 0.25) is 0 Å². The number of methoxy groups -OCH3 is 1. The summed E-state index contributed by atoms with van der Waals surface area (Å²) < 4.78 is 7.60. The molecule has 0 aliphatic rings. The fraction of sp³-hybridized carbons (Fsp3) is 0.524. The first-order chi connectivity index (χ1) is 11.9. The molecule has 138 valence electrons. The molecule has 4 nitrogen and oxygen atoms in total. The Hall–Kier alpha value is -1.78. The molecule has 0 aliphatic carbocycles. The summed E-state index contributed by atoms with van der Waals surface area (Å²) in [5, 5.41) is 9.81. The van der Waals surface area contributed by atoms with Gasteiger partial charge in [-0.1, -0.05) is 26.0 Å². The second-order valence-electron chi connectivity index (χ2n) is 7.72. The second-order valence-corrected chi connectivity index (χ2v) is 7.72. The normalized spacial score (nSPS) is 12.2. The number of hydrogen-bond donors (Lipinski definition) is 1. The Bertz CT molecular complexity index is 661. The van der Waals surface area contributed by atoms with E-state index in [2.05, 4.69) is 67.6 Å². The van der Waals surface area contributed by atoms with Crippen LogP contribution in [0.15, 0.2) is 42.6 Å². The zero-order valence-electron chi connectivity index (χ0n) is 16.2. The molecule has 1 heterocycles. The van der Waals surface area contributed by atoms with E-state index >= 15 is 0 Å². The number of aromatic nitrogens is 1. The van der Waals surface area contributed by atoms with Crippen LogP contribution in [0, 0.1) is 5.92 Å². The van der Waals surface area contributed by atoms with Gasteiger partial charge in [-0.2, -0.15) is 0 Å². The lowest BCUT2D eigenvalue weighted by molar-refractivity contribution is 0.0398. The van der Waals surface area contributed by atoms with E-state index in [1.54, 1.807) is 7.11 Å². The van der Waals surface area contributed by atoms with Gasteiger partial charge in [0.25, 0.3) is 0 Å². The molecule has 1 aromatic heterocycles. The Balaban J connectivity index is 2.18. The van der Waals surface area contributed by atoms with Crippen molar-refractivity contribution in [3.8, 4) is 5.75 Å². The quantitative estimate of drug-likeness (QED) is 0.752. The van der Waals surface area contributed by atoms with Gasteiger partial charge in [-0.25, -0.2) is 0 Å². The molecule has 0 unspecified atom stereocenters. The van der Waals surface area contributed by atoms with E-state index in [0.717, 1.165) is 25.4 Å². The molecule has 0 saturated carbocycles. The van der Waals surface area contributed by atoms with E-state index in [1.807, 2.05) is 12.1 Å². The topological polar surface area (TPSA) is 37.6 Å². The number of aliphatic hydroxyl groups excluding tert-OH is 1. The average molecular weight is 344 g/mol. The average Bonchev–Trinajstić information content (AvgIpc) is 3.01. The Morgan fingerprint density at radius 3 is 2.60 bits per heavy atom. The Morgan fingerprint density at radius 1 is 1.20 bits per heavy atom. The van der Waals surface area contributed by atoms with Crippen LogP contribution in [0.4, 0.5) is 0 Å². The molecular weight excluding hydrogens is 312 g/mol. The highest BCUT2D eigenvalue weighted by Gasteiger charge is 2.27. The molecule has 0 aliphatic heterocycles. The highest BCUT2D eigenvalue weighted by atomic mass is 16.5. The molecule has 0 amide bonds. The summed E-state index contributed by atoms with van der Waals surface area (Å²) in [4.78, 5) is 2.37. The SMILES string of the molecule is COc1cccc(Cn2cccc2CN(CC(C)C)C(C)(C)CO)c1. The zero-order chi connectivity index (χ0) is 18.4. The van der Waals surface area contributed by atoms with Crippen molar-refractivity contribution in [3.63, 3.8) is 0 Å². The van der Waals surface area contributed by atoms with Crippen molar-refractivity contribution >= 4 is 0 Å². The van der Waals surface area contributed by atoms with Gasteiger partial charge in [0.15, 0.2) is 0 Å². The van der Waals surface area contributed by atoms with Crippen molar-refractivity contribution in [2.75, 3.05) is 20.3 Å². The molecule has 1 N–H and O–H groups in total. The van der Waals surface area contributed by atoms with Crippen molar-refractivity contribution in [3.05, 3.63) is 53.9 Å². The van der Waals surface area contributed by atoms with Gasteiger partial charge in [0, 0.05) is 37.1 Å². The second kappa shape index (κ2) is 8.54. The predicted octanol–water partition coefficient (Wildman–Crippen LogP) is 3.77. The third-order valence-electron chi connectivity index (χ3n) is 4.59. The largest absolute Gasteiger partial charge is 0.497 e. The van der Waals surface area contributed by atoms with Crippen molar-refractivity contribution in [1.82, 2.24) is 9.47 Å². The van der Waals surface area contributed by atoms with E-state index in [4.69, 9.17) is 4.74 Å². The fourth-order valence-corrected chi connectivity index (χ4v) is 2.98. The molecule has 0 bridgehead atoms. The van der Waals surface area contributed by atoms with Gasteiger partial charge in [-0.15, -0.1) is 0 Å². The minimum atomic E-state index is -0.241. The molecule has 25 heavy (non-hydrogen) atoms. The van der Waals surface area contributed by atoms with Crippen molar-refractivity contribution in [2.45, 2.75) is 46.3 Å². The first-order valence-electron chi connectivity index (χ1n) is 8.98. The summed E-state index contributed by atoms with van der Waals surface area (Å²) >= 11 is 0. The van der Waals surface area contributed by atoms with Crippen molar-refractivity contribution in [1.29, 1.82) is 0 Å². The Kier molecular flexibility index (Phi) is 6.68. The number of ether oxygens (including phenoxy) is 1. The lowest BCUT2D eigenvalue weighted by Crippen LogP contribution is -2.48. The third kappa shape index (κ3) is 5.35. The molecule has 0 radical (unpaired) electrons. The van der Waals surface area contributed by atoms with Crippen LogP contribution >= 0.6 is 0 Å². The first-order valence-corrected chi connectivity index (χ1v) is 8.98. The fourth-order valence-electron chi connectivity index (χ4n) is 2.98. The Labute approximate surface area is 152 Å². The van der Waals surface area contributed by atoms with Crippen LogP contribution < -0.4 is 4.74 Å². The maximum absolute atomic E-state index is 9.81. The van der Waals surface area contributed by atoms with Crippen molar-refractivity contribution in [2.24, 2.45) is 5.92 Å². The molecule has 0 atom stereocenters. The van der Waals surface area contributed by atoms with Gasteiger partial charge < -0.3 is 14.4 Å². The molecule has 0 fully saturated rings. The number of nitrogens with zero attached hydrogens (tertiary/aromatic N) is 2. The lowest BCUT2D eigenvalue weighted by Gasteiger charge is -2.38. The van der Waals surface area contributed by atoms with Crippen LogP contribution in [0.25, 0.3) is 0 Å². The van der Waals surface area contributed by atoms with Gasteiger partial charge >= 0.3 is 0 Å². The summed E-state index contributed by atoms with van der Waals surface area (Å²) in [6.45, 7) is 11.4. The number of aliphatic hydroxyl groups is 1. The van der Waals surface area contributed by atoms with E-state index < -0.39 is 0 Å². The maximum Gasteiger partial charge on any atom is 0.119 e. The molecule has 0 spiro atoms. The standard InChI is InChI=1S/C21H32N2O2/c1-17(2)13-23(21(3,4)16-24)15-19-9-7-11-22(19)14-18-8-6-10-20(12-18)25-5/h6-12,17,24H,13-16H2,1-5H3. The zero-order valence-corrected chi connectivity index (χ0v) is 16.2. The van der Waals surface area contributed by atoms with Crippen LogP contribution in [-0.4, -0.2) is 40.4 Å². The van der Waals surface area contributed by atoms with Gasteiger partial charge in [0.1, 0.15) is 5.75 Å². The van der Waals surface area contributed by atoms with Crippen LogP contribution in [0.5, 0.6) is 5.75 Å². The number of rotatable bonds is 9. The van der Waals surface area contributed by atoms with Crippen molar-refractivity contribution < 1.29 is 9.84 Å². The highest BCUT2D eigenvalue weighted by Crippen LogP contribution is 2.21. The van der Waals surface area contributed by atoms with Gasteiger partial charge in [-0.05, 0) is 49.6 Å². The predicted molar refractivity (Wildman–Crippen MR) is 103 cm³/mol. The smallest absolute Gasteiger partial charge is 0.119 e. The molecule has 0 saturated heterocycles. The summed E-state index contributed by atoms with van der Waals surface area (Å²) in [5.74, 6) is 1.43. The van der Waals surface area contributed by atoms with E-state index in [9.17, 15) is 5.11 Å². The number of benzene rings is 1. The molecule has 1 aromatic carbocycles. The van der Waals surface area contributed by atoms with E-state index in [-0.39, 0.29) is 12.1 Å². The van der Waals surface area contributed by atoms with Gasteiger partial charge in [-0.3, -0.25) is 4.90 Å². The summed E-state index contributed by atoms with van der Waals surface area (Å²) in [6, 6.07) is 12.4. The molecular formula is C21H32N2O2. The van der Waals surface area contributed by atoms with E-state index in [0.29, 0.717) is 5.92 Å². The van der Waals surface area contributed by atoms with Gasteiger partial charge in [0.05, 0.1) is 13.7 Å². The molecule has 2 rings (SSSR count). The third-order valence-corrected chi connectivity index (χ3v) is 4.59. The highest BCUT2D eigenvalue weighted by molar-refractivity contribution is 5.29.